The predicted molar refractivity (Wildman–Crippen MR) is 164 cm³/mol. The smallest absolute Gasteiger partial charge is 0.338 e. The number of carbonyl (C=O) groups is 2. The highest BCUT2D eigenvalue weighted by Crippen LogP contribution is 2.36. The Hall–Kier alpha value is -3.17. The molecule has 7 heteroatoms. The highest BCUT2D eigenvalue weighted by atomic mass is 28.3. The van der Waals surface area contributed by atoms with E-state index in [0.29, 0.717) is 31.8 Å². The number of ether oxygens (including phenoxy) is 3. The minimum Gasteiger partial charge on any atom is -0.493 e. The van der Waals surface area contributed by atoms with Gasteiger partial charge in [-0.05, 0) is 47.9 Å². The van der Waals surface area contributed by atoms with Gasteiger partial charge < -0.3 is 14.2 Å². The molecule has 0 spiro atoms. The molecule has 3 aromatic rings. The van der Waals surface area contributed by atoms with E-state index in [0.717, 1.165) is 22.4 Å². The van der Waals surface area contributed by atoms with Crippen molar-refractivity contribution >= 4 is 38.5 Å². The van der Waals surface area contributed by atoms with Crippen molar-refractivity contribution in [3.05, 3.63) is 66.2 Å². The van der Waals surface area contributed by atoms with Gasteiger partial charge >= 0.3 is 11.9 Å². The molecule has 0 aromatic heterocycles. The molecule has 0 saturated heterocycles. The minimum absolute atomic E-state index is 0.277. The van der Waals surface area contributed by atoms with Crippen molar-refractivity contribution in [1.29, 1.82) is 0 Å². The van der Waals surface area contributed by atoms with Crippen LogP contribution in [-0.4, -0.2) is 47.9 Å². The van der Waals surface area contributed by atoms with Crippen LogP contribution in [-0.2, 0) is 14.3 Å². The second-order valence-corrected chi connectivity index (χ2v) is 21.2. The molecule has 0 unspecified atom stereocenters. The normalized spacial score (nSPS) is 15.2. The van der Waals surface area contributed by atoms with Gasteiger partial charge in [0.25, 0.3) is 0 Å². The lowest BCUT2D eigenvalue weighted by Gasteiger charge is -2.40. The Balaban J connectivity index is 1.72. The molecule has 1 aliphatic heterocycles. The van der Waals surface area contributed by atoms with E-state index in [1.54, 1.807) is 17.3 Å². The molecule has 0 saturated carbocycles. The lowest BCUT2D eigenvalue weighted by molar-refractivity contribution is -0.141. The molecular formula is C32H40O5Si2. The summed E-state index contributed by atoms with van der Waals surface area (Å²) in [5.41, 5.74) is 4.83. The van der Waals surface area contributed by atoms with Crippen molar-refractivity contribution in [2.75, 3.05) is 19.8 Å². The van der Waals surface area contributed by atoms with Crippen molar-refractivity contribution in [2.45, 2.75) is 58.5 Å². The lowest BCUT2D eigenvalue weighted by atomic mass is 9.97. The van der Waals surface area contributed by atoms with Gasteiger partial charge in [0.15, 0.2) is 0 Å². The first-order valence-electron chi connectivity index (χ1n) is 13.8. The molecule has 39 heavy (non-hydrogen) atoms. The maximum atomic E-state index is 12.1. The number of carbonyl (C=O) groups excluding carboxylic acids is 2. The third-order valence-corrected chi connectivity index (χ3v) is 15.2. The van der Waals surface area contributed by atoms with E-state index in [9.17, 15) is 9.59 Å². The van der Waals surface area contributed by atoms with Crippen molar-refractivity contribution in [3.63, 3.8) is 0 Å². The second-order valence-electron chi connectivity index (χ2n) is 11.6. The van der Waals surface area contributed by atoms with Crippen LogP contribution in [0.3, 0.4) is 0 Å². The molecule has 1 aliphatic rings. The number of rotatable bonds is 9. The van der Waals surface area contributed by atoms with E-state index in [-0.39, 0.29) is 11.9 Å². The molecule has 206 valence electrons. The van der Waals surface area contributed by atoms with Gasteiger partial charge in [0, 0.05) is 18.9 Å². The van der Waals surface area contributed by atoms with E-state index in [2.05, 4.69) is 56.5 Å². The predicted octanol–water partition coefficient (Wildman–Crippen LogP) is 6.37. The number of hydrogen-bond acceptors (Lipinski definition) is 5. The molecule has 0 N–H and O–H groups in total. The van der Waals surface area contributed by atoms with Crippen LogP contribution in [0, 0.1) is 0 Å². The van der Waals surface area contributed by atoms with Crippen LogP contribution in [0.5, 0.6) is 5.75 Å². The van der Waals surface area contributed by atoms with Crippen LogP contribution in [0.25, 0.3) is 22.3 Å². The van der Waals surface area contributed by atoms with E-state index in [1.165, 1.54) is 24.6 Å². The Morgan fingerprint density at radius 1 is 0.744 bits per heavy atom. The van der Waals surface area contributed by atoms with Crippen LogP contribution in [0.4, 0.5) is 0 Å². The maximum Gasteiger partial charge on any atom is 0.338 e. The molecular weight excluding hydrogens is 521 g/mol. The van der Waals surface area contributed by atoms with Gasteiger partial charge in [0.2, 0.25) is 0 Å². The number of benzene rings is 3. The second kappa shape index (κ2) is 11.9. The Morgan fingerprint density at radius 3 is 2.05 bits per heavy atom. The topological polar surface area (TPSA) is 61.8 Å². The summed E-state index contributed by atoms with van der Waals surface area (Å²) >= 11 is 0. The van der Waals surface area contributed by atoms with E-state index >= 15 is 0 Å². The average molecular weight is 561 g/mol. The third-order valence-electron chi connectivity index (χ3n) is 7.72. The zero-order chi connectivity index (χ0) is 28.2. The highest BCUT2D eigenvalue weighted by Gasteiger charge is 2.39. The first-order valence-corrected chi connectivity index (χ1v) is 20.3. The molecule has 0 radical (unpaired) electrons. The average Bonchev–Trinajstić information content (AvgIpc) is 2.91. The zero-order valence-electron chi connectivity index (χ0n) is 24.1. The molecule has 4 rings (SSSR count). The van der Waals surface area contributed by atoms with Gasteiger partial charge in [-0.2, -0.15) is 0 Å². The summed E-state index contributed by atoms with van der Waals surface area (Å²) in [4.78, 5) is 23.2. The molecule has 0 amide bonds. The standard InChI is InChI=1S/C32H40O5Si2/c1-7-35-32(34)25-11-9-24(10-12-25)26-13-15-29(37-18-8-17-36-23(2)33)28(21-26)27-14-16-30-31(22-27)39(5,6)20-19-38(30,3)4/h9-16,21-22H,7-8,17-20H2,1-6H3. The number of esters is 2. The quantitative estimate of drug-likeness (QED) is 0.173. The van der Waals surface area contributed by atoms with E-state index in [1.807, 2.05) is 30.3 Å². The Bertz CT molecular complexity index is 1350. The first-order chi connectivity index (χ1) is 18.5. The fourth-order valence-electron chi connectivity index (χ4n) is 5.29. The van der Waals surface area contributed by atoms with Crippen LogP contribution in [0.15, 0.2) is 60.7 Å². The van der Waals surface area contributed by atoms with E-state index < -0.39 is 16.1 Å². The van der Waals surface area contributed by atoms with Crippen molar-refractivity contribution in [2.24, 2.45) is 0 Å². The maximum absolute atomic E-state index is 12.1. The molecule has 0 fully saturated rings. The molecule has 5 nitrogen and oxygen atoms in total. The van der Waals surface area contributed by atoms with Crippen LogP contribution in [0.1, 0.15) is 30.6 Å². The van der Waals surface area contributed by atoms with Crippen LogP contribution < -0.4 is 15.1 Å². The van der Waals surface area contributed by atoms with Gasteiger partial charge in [-0.25, -0.2) is 4.79 Å². The summed E-state index contributed by atoms with van der Waals surface area (Å²) in [5.74, 6) is 0.229. The fourth-order valence-corrected chi connectivity index (χ4v) is 15.6. The Labute approximate surface area is 234 Å². The summed E-state index contributed by atoms with van der Waals surface area (Å²) < 4.78 is 16.5. The van der Waals surface area contributed by atoms with Crippen molar-refractivity contribution in [1.82, 2.24) is 0 Å². The number of fused-ring (bicyclic) bond motifs is 1. The third kappa shape index (κ3) is 6.71. The largest absolute Gasteiger partial charge is 0.493 e. The molecule has 1 heterocycles. The Kier molecular flexibility index (Phi) is 8.81. The zero-order valence-corrected chi connectivity index (χ0v) is 26.1. The lowest BCUT2D eigenvalue weighted by Crippen LogP contribution is -2.63. The van der Waals surface area contributed by atoms with Crippen LogP contribution in [0.2, 0.25) is 38.3 Å². The minimum atomic E-state index is -1.53. The van der Waals surface area contributed by atoms with Gasteiger partial charge in [-0.1, -0.05) is 85.0 Å². The Morgan fingerprint density at radius 2 is 1.38 bits per heavy atom. The van der Waals surface area contributed by atoms with E-state index in [4.69, 9.17) is 14.2 Å². The summed E-state index contributed by atoms with van der Waals surface area (Å²) in [6.45, 7) is 14.4. The first kappa shape index (κ1) is 28.8. The molecule has 0 bridgehead atoms. The van der Waals surface area contributed by atoms with Gasteiger partial charge in [0.1, 0.15) is 5.75 Å². The molecule has 0 atom stereocenters. The van der Waals surface area contributed by atoms with Gasteiger partial charge in [-0.3, -0.25) is 4.79 Å². The summed E-state index contributed by atoms with van der Waals surface area (Å²) in [5, 5.41) is 3.21. The van der Waals surface area contributed by atoms with Crippen molar-refractivity contribution < 1.29 is 23.8 Å². The molecule has 3 aromatic carbocycles. The molecule has 0 aliphatic carbocycles. The summed E-state index contributed by atoms with van der Waals surface area (Å²) in [7, 11) is -2.97. The van der Waals surface area contributed by atoms with Gasteiger partial charge in [-0.15, -0.1) is 0 Å². The monoisotopic (exact) mass is 560 g/mol. The fraction of sp³-hybridized carbons (Fsp3) is 0.375. The van der Waals surface area contributed by atoms with Crippen LogP contribution >= 0.6 is 0 Å². The number of hydrogen-bond donors (Lipinski definition) is 0. The van der Waals surface area contributed by atoms with Gasteiger partial charge in [0.05, 0.1) is 41.5 Å². The van der Waals surface area contributed by atoms with Crippen molar-refractivity contribution in [3.8, 4) is 28.0 Å². The highest BCUT2D eigenvalue weighted by molar-refractivity contribution is 7.03. The summed E-state index contributed by atoms with van der Waals surface area (Å²) in [6.07, 6.45) is 0.625. The SMILES string of the molecule is CCOC(=O)c1ccc(-c2ccc(OCCCOC(C)=O)c(-c3ccc4c(c3)[Si](C)(C)CC[Si]4(C)C)c2)cc1. The summed E-state index contributed by atoms with van der Waals surface area (Å²) in [6, 6.07) is 23.6.